The molecule has 0 saturated carbocycles. The highest BCUT2D eigenvalue weighted by molar-refractivity contribution is 6.30. The molecule has 0 unspecified atom stereocenters. The Kier molecular flexibility index (Phi) is 3.75. The number of amidine groups is 1. The van der Waals surface area contributed by atoms with Crippen molar-refractivity contribution in [3.8, 4) is 0 Å². The maximum absolute atomic E-state index is 5.95. The molecule has 0 radical (unpaired) electrons. The number of hydrogen-bond donors (Lipinski definition) is 1. The van der Waals surface area contributed by atoms with E-state index in [1.54, 1.807) is 6.92 Å². The summed E-state index contributed by atoms with van der Waals surface area (Å²) in [6, 6.07) is 7.87. The van der Waals surface area contributed by atoms with Crippen LogP contribution in [-0.2, 0) is 5.41 Å². The highest BCUT2D eigenvalue weighted by Crippen LogP contribution is 2.25. The van der Waals surface area contributed by atoms with Gasteiger partial charge in [0, 0.05) is 10.4 Å². The number of halogens is 1. The summed E-state index contributed by atoms with van der Waals surface area (Å²) < 4.78 is 0. The van der Waals surface area contributed by atoms with Crippen molar-refractivity contribution in [1.82, 2.24) is 0 Å². The van der Waals surface area contributed by atoms with Gasteiger partial charge in [-0.1, -0.05) is 37.6 Å². The van der Waals surface area contributed by atoms with E-state index in [0.29, 0.717) is 12.4 Å². The molecule has 0 aliphatic rings. The van der Waals surface area contributed by atoms with Crippen molar-refractivity contribution >= 4 is 17.4 Å². The van der Waals surface area contributed by atoms with E-state index in [0.717, 1.165) is 5.02 Å². The van der Waals surface area contributed by atoms with Crippen molar-refractivity contribution in [2.24, 2.45) is 10.7 Å². The highest BCUT2D eigenvalue weighted by atomic mass is 35.5. The fraction of sp³-hybridized carbons (Fsp3) is 0.417. The minimum Gasteiger partial charge on any atom is -0.388 e. The fourth-order valence-corrected chi connectivity index (χ4v) is 1.51. The zero-order chi connectivity index (χ0) is 11.5. The summed E-state index contributed by atoms with van der Waals surface area (Å²) in [5, 5.41) is 0.758. The van der Waals surface area contributed by atoms with Crippen molar-refractivity contribution in [1.29, 1.82) is 0 Å². The van der Waals surface area contributed by atoms with Crippen LogP contribution in [0.15, 0.2) is 29.3 Å². The summed E-state index contributed by atoms with van der Waals surface area (Å²) in [6.07, 6.45) is 0. The Hall–Kier alpha value is -1.02. The molecule has 0 atom stereocenters. The SMILES string of the molecule is CC(N)=NCC(C)(C)c1cccc(Cl)c1. The molecule has 0 aromatic heterocycles. The van der Waals surface area contributed by atoms with Crippen LogP contribution < -0.4 is 5.73 Å². The minimum atomic E-state index is -0.0362. The van der Waals surface area contributed by atoms with Gasteiger partial charge >= 0.3 is 0 Å². The summed E-state index contributed by atoms with van der Waals surface area (Å²) >= 11 is 5.95. The molecule has 1 aromatic rings. The number of aliphatic imine (C=N–C) groups is 1. The van der Waals surface area contributed by atoms with Crippen LogP contribution in [0.5, 0.6) is 0 Å². The number of rotatable bonds is 3. The number of nitrogens with two attached hydrogens (primary N) is 1. The molecule has 15 heavy (non-hydrogen) atoms. The van der Waals surface area contributed by atoms with Gasteiger partial charge < -0.3 is 5.73 Å². The molecule has 82 valence electrons. The average molecular weight is 225 g/mol. The molecule has 0 bridgehead atoms. The summed E-state index contributed by atoms with van der Waals surface area (Å²) in [4.78, 5) is 4.25. The molecule has 0 saturated heterocycles. The molecule has 1 rings (SSSR count). The van der Waals surface area contributed by atoms with Crippen molar-refractivity contribution in [2.75, 3.05) is 6.54 Å². The Morgan fingerprint density at radius 3 is 2.67 bits per heavy atom. The van der Waals surface area contributed by atoms with Crippen LogP contribution in [-0.4, -0.2) is 12.4 Å². The Bertz CT molecular complexity index is 366. The Balaban J connectivity index is 2.90. The van der Waals surface area contributed by atoms with E-state index in [1.165, 1.54) is 5.56 Å². The zero-order valence-corrected chi connectivity index (χ0v) is 10.2. The van der Waals surface area contributed by atoms with Crippen molar-refractivity contribution in [3.63, 3.8) is 0 Å². The van der Waals surface area contributed by atoms with E-state index in [4.69, 9.17) is 17.3 Å². The number of hydrogen-bond acceptors (Lipinski definition) is 1. The normalized spacial score (nSPS) is 12.9. The van der Waals surface area contributed by atoms with E-state index in [-0.39, 0.29) is 5.41 Å². The molecule has 0 amide bonds. The van der Waals surface area contributed by atoms with Gasteiger partial charge in [0.25, 0.3) is 0 Å². The number of nitrogens with zero attached hydrogens (tertiary/aromatic N) is 1. The Morgan fingerprint density at radius 2 is 2.13 bits per heavy atom. The molecule has 0 aliphatic carbocycles. The van der Waals surface area contributed by atoms with Gasteiger partial charge in [0.1, 0.15) is 0 Å². The minimum absolute atomic E-state index is 0.0362. The Labute approximate surface area is 96.2 Å². The van der Waals surface area contributed by atoms with E-state index >= 15 is 0 Å². The van der Waals surface area contributed by atoms with Crippen LogP contribution >= 0.6 is 11.6 Å². The van der Waals surface area contributed by atoms with Crippen LogP contribution in [0, 0.1) is 0 Å². The van der Waals surface area contributed by atoms with E-state index < -0.39 is 0 Å². The van der Waals surface area contributed by atoms with Gasteiger partial charge in [0.2, 0.25) is 0 Å². The summed E-state index contributed by atoms with van der Waals surface area (Å²) in [5.74, 6) is 0.616. The quantitative estimate of drug-likeness (QED) is 0.622. The van der Waals surface area contributed by atoms with Crippen molar-refractivity contribution in [2.45, 2.75) is 26.2 Å². The van der Waals surface area contributed by atoms with Crippen LogP contribution in [0.3, 0.4) is 0 Å². The van der Waals surface area contributed by atoms with Gasteiger partial charge in [-0.05, 0) is 24.6 Å². The second kappa shape index (κ2) is 4.67. The van der Waals surface area contributed by atoms with Crippen LogP contribution in [0.1, 0.15) is 26.3 Å². The third-order valence-corrected chi connectivity index (χ3v) is 2.56. The smallest absolute Gasteiger partial charge is 0.0905 e. The first-order valence-corrected chi connectivity index (χ1v) is 5.32. The maximum atomic E-state index is 5.95. The van der Waals surface area contributed by atoms with Gasteiger partial charge in [0.15, 0.2) is 0 Å². The largest absolute Gasteiger partial charge is 0.388 e. The second-order valence-electron chi connectivity index (χ2n) is 4.35. The molecule has 2 N–H and O–H groups in total. The standard InChI is InChI=1S/C12H17ClN2/c1-9(14)15-8-12(2,3)10-5-4-6-11(13)7-10/h4-7H,8H2,1-3H3,(H2,14,15). The average Bonchev–Trinajstić information content (AvgIpc) is 2.15. The van der Waals surface area contributed by atoms with Crippen molar-refractivity contribution < 1.29 is 0 Å². The summed E-state index contributed by atoms with van der Waals surface area (Å²) in [5.41, 5.74) is 6.68. The molecule has 0 aliphatic heterocycles. The van der Waals surface area contributed by atoms with E-state index in [2.05, 4.69) is 24.9 Å². The van der Waals surface area contributed by atoms with E-state index in [1.807, 2.05) is 18.2 Å². The topological polar surface area (TPSA) is 38.4 Å². The third kappa shape index (κ3) is 3.56. The van der Waals surface area contributed by atoms with Crippen LogP contribution in [0.25, 0.3) is 0 Å². The van der Waals surface area contributed by atoms with Crippen molar-refractivity contribution in [3.05, 3.63) is 34.9 Å². The highest BCUT2D eigenvalue weighted by Gasteiger charge is 2.20. The van der Waals surface area contributed by atoms with Gasteiger partial charge in [-0.15, -0.1) is 0 Å². The van der Waals surface area contributed by atoms with E-state index in [9.17, 15) is 0 Å². The summed E-state index contributed by atoms with van der Waals surface area (Å²) in [6.45, 7) is 6.74. The molecular formula is C12H17ClN2. The van der Waals surface area contributed by atoms with Gasteiger partial charge in [-0.2, -0.15) is 0 Å². The number of benzene rings is 1. The lowest BCUT2D eigenvalue weighted by molar-refractivity contribution is 0.540. The first-order valence-electron chi connectivity index (χ1n) is 4.94. The van der Waals surface area contributed by atoms with Crippen LogP contribution in [0.4, 0.5) is 0 Å². The molecule has 0 fully saturated rings. The third-order valence-electron chi connectivity index (χ3n) is 2.33. The maximum Gasteiger partial charge on any atom is 0.0905 e. The Morgan fingerprint density at radius 1 is 1.47 bits per heavy atom. The predicted octanol–water partition coefficient (Wildman–Crippen LogP) is 2.99. The lowest BCUT2D eigenvalue weighted by atomic mass is 9.85. The molecule has 0 heterocycles. The lowest BCUT2D eigenvalue weighted by Crippen LogP contribution is -2.23. The first-order chi connectivity index (χ1) is 6.92. The second-order valence-corrected chi connectivity index (χ2v) is 4.79. The fourth-order valence-electron chi connectivity index (χ4n) is 1.32. The molecule has 3 heteroatoms. The van der Waals surface area contributed by atoms with Crippen LogP contribution in [0.2, 0.25) is 5.02 Å². The van der Waals surface area contributed by atoms with Gasteiger partial charge in [-0.25, -0.2) is 0 Å². The predicted molar refractivity (Wildman–Crippen MR) is 66.6 cm³/mol. The lowest BCUT2D eigenvalue weighted by Gasteiger charge is -2.23. The monoisotopic (exact) mass is 224 g/mol. The molecule has 2 nitrogen and oxygen atoms in total. The molecule has 0 spiro atoms. The van der Waals surface area contributed by atoms with Gasteiger partial charge in [0.05, 0.1) is 12.4 Å². The molecule has 1 aromatic carbocycles. The molecular weight excluding hydrogens is 208 g/mol. The van der Waals surface area contributed by atoms with Gasteiger partial charge in [-0.3, -0.25) is 4.99 Å². The first kappa shape index (κ1) is 12.1. The summed E-state index contributed by atoms with van der Waals surface area (Å²) in [7, 11) is 0. The zero-order valence-electron chi connectivity index (χ0n) is 9.42.